The molecule has 18 heavy (non-hydrogen) atoms. The van der Waals surface area contributed by atoms with E-state index in [-0.39, 0.29) is 28.0 Å². The molecule has 0 aromatic heterocycles. The number of hydrogen-bond acceptors (Lipinski definition) is 4. The summed E-state index contributed by atoms with van der Waals surface area (Å²) in [7, 11) is 2.00. The van der Waals surface area contributed by atoms with Crippen molar-refractivity contribution in [3.63, 3.8) is 0 Å². The molecule has 98 valence electrons. The van der Waals surface area contributed by atoms with Gasteiger partial charge >= 0.3 is 0 Å². The molecule has 0 saturated carbocycles. The Bertz CT molecular complexity index is 471. The fourth-order valence-electron chi connectivity index (χ4n) is 1.90. The van der Waals surface area contributed by atoms with Crippen LogP contribution in [0.5, 0.6) is 11.5 Å². The number of hydrogen-bond donors (Lipinski definition) is 2. The van der Waals surface area contributed by atoms with Gasteiger partial charge in [0.15, 0.2) is 0 Å². The number of aromatic hydroxyl groups is 2. The van der Waals surface area contributed by atoms with Gasteiger partial charge in [-0.3, -0.25) is 4.79 Å². The first kappa shape index (κ1) is 13.0. The fraction of sp³-hybridized carbons (Fsp3) is 0.417. The van der Waals surface area contributed by atoms with Crippen LogP contribution in [0.3, 0.4) is 0 Å². The Morgan fingerprint density at radius 3 is 2.39 bits per heavy atom. The van der Waals surface area contributed by atoms with Crippen molar-refractivity contribution in [2.75, 3.05) is 33.2 Å². The number of benzene rings is 1. The number of phenolic OH excluding ortho intramolecular Hbond substituents is 2. The van der Waals surface area contributed by atoms with E-state index >= 15 is 0 Å². The molecule has 5 nitrogen and oxygen atoms in total. The number of phenols is 2. The van der Waals surface area contributed by atoms with Gasteiger partial charge in [-0.2, -0.15) is 0 Å². The van der Waals surface area contributed by atoms with Crippen LogP contribution in [0.1, 0.15) is 10.4 Å². The minimum absolute atomic E-state index is 0.0604. The van der Waals surface area contributed by atoms with Gasteiger partial charge in [-0.05, 0) is 13.1 Å². The lowest BCUT2D eigenvalue weighted by Gasteiger charge is -2.32. The molecule has 0 bridgehead atoms. The monoisotopic (exact) mass is 270 g/mol. The molecule has 1 amide bonds. The van der Waals surface area contributed by atoms with Crippen molar-refractivity contribution in [1.82, 2.24) is 9.80 Å². The predicted octanol–water partition coefficient (Wildman–Crippen LogP) is 1.14. The lowest BCUT2D eigenvalue weighted by atomic mass is 10.1. The first-order valence-electron chi connectivity index (χ1n) is 5.68. The lowest BCUT2D eigenvalue weighted by molar-refractivity contribution is 0.0661. The zero-order valence-electron chi connectivity index (χ0n) is 10.1. The normalized spacial score (nSPS) is 16.9. The van der Waals surface area contributed by atoms with Crippen molar-refractivity contribution in [3.05, 3.63) is 22.7 Å². The molecular weight excluding hydrogens is 256 g/mol. The maximum atomic E-state index is 12.2. The smallest absolute Gasteiger partial charge is 0.257 e. The minimum Gasteiger partial charge on any atom is -0.507 e. The summed E-state index contributed by atoms with van der Waals surface area (Å²) in [5.41, 5.74) is 0.127. The zero-order chi connectivity index (χ0) is 13.3. The second kappa shape index (κ2) is 5.04. The molecule has 1 saturated heterocycles. The average molecular weight is 271 g/mol. The van der Waals surface area contributed by atoms with Crippen LogP contribution in [0.2, 0.25) is 5.02 Å². The first-order chi connectivity index (χ1) is 8.49. The third-order valence-electron chi connectivity index (χ3n) is 3.09. The van der Waals surface area contributed by atoms with Crippen LogP contribution in [-0.2, 0) is 0 Å². The SMILES string of the molecule is CN1CCN(C(=O)c2cc(Cl)c(O)cc2O)CC1. The highest BCUT2D eigenvalue weighted by Gasteiger charge is 2.23. The summed E-state index contributed by atoms with van der Waals surface area (Å²) in [6, 6.07) is 2.39. The molecular formula is C12H15ClN2O3. The summed E-state index contributed by atoms with van der Waals surface area (Å²) in [6.45, 7) is 2.84. The Balaban J connectivity index is 2.21. The maximum absolute atomic E-state index is 12.2. The minimum atomic E-state index is -0.262. The number of likely N-dealkylation sites (N-methyl/N-ethyl adjacent to an activating group) is 1. The molecule has 1 heterocycles. The van der Waals surface area contributed by atoms with E-state index in [0.29, 0.717) is 13.1 Å². The van der Waals surface area contributed by atoms with Crippen molar-refractivity contribution in [3.8, 4) is 11.5 Å². The van der Waals surface area contributed by atoms with Crippen LogP contribution in [-0.4, -0.2) is 59.1 Å². The summed E-state index contributed by atoms with van der Waals surface area (Å²) in [5, 5.41) is 19.1. The molecule has 0 radical (unpaired) electrons. The third-order valence-corrected chi connectivity index (χ3v) is 3.39. The van der Waals surface area contributed by atoms with E-state index in [0.717, 1.165) is 19.2 Å². The van der Waals surface area contributed by atoms with E-state index in [1.807, 2.05) is 7.05 Å². The summed E-state index contributed by atoms with van der Waals surface area (Å²) < 4.78 is 0. The van der Waals surface area contributed by atoms with Crippen molar-refractivity contribution in [2.24, 2.45) is 0 Å². The molecule has 1 fully saturated rings. The van der Waals surface area contributed by atoms with Gasteiger partial charge in [-0.25, -0.2) is 0 Å². The maximum Gasteiger partial charge on any atom is 0.257 e. The number of piperazine rings is 1. The van der Waals surface area contributed by atoms with Crippen LogP contribution >= 0.6 is 11.6 Å². The predicted molar refractivity (Wildman–Crippen MR) is 68.2 cm³/mol. The van der Waals surface area contributed by atoms with Gasteiger partial charge in [0.25, 0.3) is 5.91 Å². The number of rotatable bonds is 1. The Kier molecular flexibility index (Phi) is 3.63. The number of carbonyl (C=O) groups is 1. The van der Waals surface area contributed by atoms with Gasteiger partial charge in [0, 0.05) is 32.2 Å². The topological polar surface area (TPSA) is 64.0 Å². The quantitative estimate of drug-likeness (QED) is 0.803. The van der Waals surface area contributed by atoms with Crippen LogP contribution < -0.4 is 0 Å². The number of nitrogens with zero attached hydrogens (tertiary/aromatic N) is 2. The molecule has 1 aromatic rings. The fourth-order valence-corrected chi connectivity index (χ4v) is 2.07. The summed E-state index contributed by atoms with van der Waals surface area (Å²) in [4.78, 5) is 16.0. The summed E-state index contributed by atoms with van der Waals surface area (Å²) >= 11 is 5.75. The number of amides is 1. The molecule has 0 spiro atoms. The Morgan fingerprint density at radius 2 is 1.78 bits per heavy atom. The second-order valence-corrected chi connectivity index (χ2v) is 4.82. The zero-order valence-corrected chi connectivity index (χ0v) is 10.8. The van der Waals surface area contributed by atoms with Crippen molar-refractivity contribution >= 4 is 17.5 Å². The van der Waals surface area contributed by atoms with Gasteiger partial charge in [0.05, 0.1) is 10.6 Å². The first-order valence-corrected chi connectivity index (χ1v) is 6.06. The molecule has 1 aliphatic rings. The second-order valence-electron chi connectivity index (χ2n) is 4.42. The highest BCUT2D eigenvalue weighted by atomic mass is 35.5. The third kappa shape index (κ3) is 2.52. The van der Waals surface area contributed by atoms with Gasteiger partial charge in [-0.15, -0.1) is 0 Å². The number of halogens is 1. The molecule has 1 aliphatic heterocycles. The molecule has 2 N–H and O–H groups in total. The van der Waals surface area contributed by atoms with E-state index in [9.17, 15) is 15.0 Å². The van der Waals surface area contributed by atoms with Gasteiger partial charge in [-0.1, -0.05) is 11.6 Å². The van der Waals surface area contributed by atoms with Crippen LogP contribution in [0.4, 0.5) is 0 Å². The average Bonchev–Trinajstić information content (AvgIpc) is 2.34. The van der Waals surface area contributed by atoms with E-state index in [2.05, 4.69) is 4.90 Å². The summed E-state index contributed by atoms with van der Waals surface area (Å²) in [5.74, 6) is -0.743. The van der Waals surface area contributed by atoms with Crippen molar-refractivity contribution in [2.45, 2.75) is 0 Å². The van der Waals surface area contributed by atoms with Crippen LogP contribution in [0.15, 0.2) is 12.1 Å². The van der Waals surface area contributed by atoms with Crippen LogP contribution in [0.25, 0.3) is 0 Å². The number of carbonyl (C=O) groups excluding carboxylic acids is 1. The van der Waals surface area contributed by atoms with Gasteiger partial charge in [0.2, 0.25) is 0 Å². The largest absolute Gasteiger partial charge is 0.507 e. The Hall–Kier alpha value is -1.46. The van der Waals surface area contributed by atoms with Gasteiger partial charge in [0.1, 0.15) is 11.5 Å². The molecule has 6 heteroatoms. The van der Waals surface area contributed by atoms with E-state index in [4.69, 9.17) is 11.6 Å². The van der Waals surface area contributed by atoms with E-state index in [1.165, 1.54) is 6.07 Å². The highest BCUT2D eigenvalue weighted by Crippen LogP contribution is 2.31. The summed E-state index contributed by atoms with van der Waals surface area (Å²) in [6.07, 6.45) is 0. The molecule has 0 unspecified atom stereocenters. The Labute approximate surface area is 110 Å². The molecule has 0 aliphatic carbocycles. The van der Waals surface area contributed by atoms with Gasteiger partial charge < -0.3 is 20.0 Å². The van der Waals surface area contributed by atoms with Crippen molar-refractivity contribution in [1.29, 1.82) is 0 Å². The van der Waals surface area contributed by atoms with Crippen molar-refractivity contribution < 1.29 is 15.0 Å². The van der Waals surface area contributed by atoms with E-state index < -0.39 is 0 Å². The molecule has 1 aromatic carbocycles. The highest BCUT2D eigenvalue weighted by molar-refractivity contribution is 6.32. The van der Waals surface area contributed by atoms with Crippen LogP contribution in [0, 0.1) is 0 Å². The van der Waals surface area contributed by atoms with E-state index in [1.54, 1.807) is 4.90 Å². The molecule has 2 rings (SSSR count). The lowest BCUT2D eigenvalue weighted by Crippen LogP contribution is -2.47. The standard InChI is InChI=1S/C12H15ClN2O3/c1-14-2-4-15(5-3-14)12(18)8-6-9(13)11(17)7-10(8)16/h6-7,16-17H,2-5H2,1H3. The molecule has 0 atom stereocenters. The Morgan fingerprint density at radius 1 is 1.17 bits per heavy atom.